The summed E-state index contributed by atoms with van der Waals surface area (Å²) in [6, 6.07) is -7.34. The van der Waals surface area contributed by atoms with E-state index in [0.717, 1.165) is 20.8 Å². The predicted molar refractivity (Wildman–Crippen MR) is 418 cm³/mol. The van der Waals surface area contributed by atoms with Crippen molar-refractivity contribution in [2.45, 2.75) is 192 Å². The highest BCUT2D eigenvalue weighted by Crippen LogP contribution is 2.28. The third-order valence-electron chi connectivity index (χ3n) is 17.9. The van der Waals surface area contributed by atoms with E-state index in [9.17, 15) is 119 Å². The molecule has 37 nitrogen and oxygen atoms in total. The van der Waals surface area contributed by atoms with Crippen LogP contribution >= 0.6 is 25.3 Å². The van der Waals surface area contributed by atoms with E-state index in [1.54, 1.807) is 82.4 Å². The molecule has 0 radical (unpaired) electrons. The van der Waals surface area contributed by atoms with Crippen LogP contribution in [0.25, 0.3) is 21.8 Å². The van der Waals surface area contributed by atoms with Gasteiger partial charge in [0.15, 0.2) is 17.7 Å². The Hall–Kier alpha value is -11.9. The Morgan fingerprint density at radius 1 is 0.449 bits per heavy atom. The summed E-state index contributed by atoms with van der Waals surface area (Å²) in [6.45, 7) is 11.7. The van der Waals surface area contributed by atoms with Crippen LogP contribution in [0.3, 0.4) is 0 Å². The summed E-state index contributed by atoms with van der Waals surface area (Å²) in [6.07, 6.45) is -3.62. The summed E-state index contributed by atoms with van der Waals surface area (Å²) >= 11 is 8.24. The summed E-state index contributed by atoms with van der Waals surface area (Å²) in [5.41, 5.74) is 1.97. The van der Waals surface area contributed by atoms with Gasteiger partial charge >= 0.3 is 23.9 Å². The van der Waals surface area contributed by atoms with Crippen LogP contribution in [0, 0.1) is 41.0 Å². The van der Waals surface area contributed by atoms with Crippen molar-refractivity contribution in [2.24, 2.45) is 17.8 Å². The van der Waals surface area contributed by atoms with Gasteiger partial charge in [-0.1, -0.05) is 77.9 Å². The van der Waals surface area contributed by atoms with Crippen molar-refractivity contribution >= 4 is 148 Å². The Kier molecular flexibility index (Phi) is 37.3. The highest BCUT2D eigenvalue weighted by molar-refractivity contribution is 7.80. The number of hydrogen-bond donors (Lipinski definition) is 21. The third kappa shape index (κ3) is 29.4. The minimum atomic E-state index is -2.35. The van der Waals surface area contributed by atoms with Gasteiger partial charge in [-0.2, -0.15) is 34.0 Å². The quantitative estimate of drug-likeness (QED) is 0.00758. The first-order valence-electron chi connectivity index (χ1n) is 37.0. The molecular weight excluding hydrogens is 1600 g/mol. The van der Waals surface area contributed by atoms with Crippen molar-refractivity contribution < 1.29 is 124 Å². The molecule has 19 N–H and O–H groups in total. The molecule has 5 aromatic rings. The summed E-state index contributed by atoms with van der Waals surface area (Å²) in [5.74, 6) is -33.9. The van der Waals surface area contributed by atoms with Gasteiger partial charge in [0.2, 0.25) is 94.2 Å². The van der Waals surface area contributed by atoms with Gasteiger partial charge in [-0.05, 0) is 74.1 Å². The first kappa shape index (κ1) is 96.7. The second kappa shape index (κ2) is 45.6. The maximum atomic E-state index is 15.0. The van der Waals surface area contributed by atoms with E-state index in [1.165, 1.54) is 20.0 Å². The van der Waals surface area contributed by atoms with E-state index in [1.807, 2.05) is 0 Å². The fraction of sp³-hybridized carbons (Fsp3) is 0.480. The average molecular weight is 1700 g/mol. The molecule has 0 aliphatic heterocycles. The van der Waals surface area contributed by atoms with Crippen LogP contribution < -0.4 is 73.9 Å². The molecule has 2 aromatic heterocycles. The molecule has 43 heteroatoms. The van der Waals surface area contributed by atoms with Crippen molar-refractivity contribution in [3.63, 3.8) is 0 Å². The lowest BCUT2D eigenvalue weighted by Crippen LogP contribution is -2.61. The number of nitrogens with one attached hydrogen (secondary N) is 15. The second-order valence-electron chi connectivity index (χ2n) is 28.8. The number of esters is 1. The monoisotopic (exact) mass is 1700 g/mol. The van der Waals surface area contributed by atoms with E-state index in [2.05, 4.69) is 104 Å². The first-order valence-corrected chi connectivity index (χ1v) is 38.3. The standard InChI is InChI=1S/C75H97F4N15O22S2/c1-32(2)20-47(87-70(109)52(26-58(102)116-63-59(78)42(76)24-43(77)60(63)79)89-67(106)49(22-38-27-80-44-16-12-10-14-40(38)44)86-64(103)35(7)83-72(111)53(30-117)91-69(108)51(25-57(100)101)84-37(9)96)65(104)82-29-55(97)85-46(18-19-56(98)99)66(105)88-48(21-33(3)4)71(110)93-61(34(5)6)74(113)90-50(23-39-28-81-45-17-13-11-15-41(39)45)68(107)92-54(31-118)73(112)94-62(36(8)95)75(114)115/h10-17,24,27-28,32-36,46-54,61-62,80-81,95,117-118H,18-23,25-26,29-31H2,1-9H3,(H,82,104)(H,83,111)(H,84,96)(H,85,97)(H,86,103)(H,87,109)(H,88,105)(H,89,106)(H,90,113)(H,91,108)(H,92,107)(H,93,110)(H,94,112)(H,98,99)(H,100,101)(H,114,115)/t35-,36+,46-,47-,48-,49-,50-,51-,52-,53-,54-,61-,62-/m0/s1. The molecule has 644 valence electrons. The topological polar surface area (TPSA) is 568 Å². The normalized spacial score (nSPS) is 14.6. The number of rotatable bonds is 46. The maximum Gasteiger partial charge on any atom is 0.328 e. The number of H-pyrrole nitrogens is 2. The minimum Gasteiger partial charge on any atom is -0.481 e. The van der Waals surface area contributed by atoms with Gasteiger partial charge in [0, 0.05) is 78.0 Å². The number of para-hydroxylation sites is 2. The molecule has 13 atom stereocenters. The molecule has 0 spiro atoms. The van der Waals surface area contributed by atoms with E-state index in [0.29, 0.717) is 32.9 Å². The molecule has 0 fully saturated rings. The number of benzene rings is 3. The fourth-order valence-corrected chi connectivity index (χ4v) is 12.4. The van der Waals surface area contributed by atoms with E-state index >= 15 is 0 Å². The van der Waals surface area contributed by atoms with Gasteiger partial charge in [0.1, 0.15) is 66.5 Å². The van der Waals surface area contributed by atoms with Crippen LogP contribution in [0.15, 0.2) is 67.0 Å². The average Bonchev–Trinajstić information content (AvgIpc) is 1.41. The molecule has 0 saturated carbocycles. The number of aliphatic hydroxyl groups excluding tert-OH is 1. The van der Waals surface area contributed by atoms with Gasteiger partial charge in [-0.15, -0.1) is 0 Å². The molecule has 118 heavy (non-hydrogen) atoms. The second-order valence-corrected chi connectivity index (χ2v) is 29.5. The maximum absolute atomic E-state index is 15.0. The van der Waals surface area contributed by atoms with Crippen LogP contribution in [-0.2, 0) is 94.3 Å². The number of carboxylic acids is 3. The number of thiol groups is 2. The van der Waals surface area contributed by atoms with Crippen molar-refractivity contribution in [2.75, 3.05) is 18.1 Å². The third-order valence-corrected chi connectivity index (χ3v) is 18.6. The molecule has 3 aromatic carbocycles. The van der Waals surface area contributed by atoms with Crippen LogP contribution in [0.1, 0.15) is 112 Å². The van der Waals surface area contributed by atoms with E-state index in [4.69, 9.17) is 4.74 Å². The van der Waals surface area contributed by atoms with Crippen LogP contribution in [0.4, 0.5) is 17.6 Å². The highest BCUT2D eigenvalue weighted by atomic mass is 32.1. The smallest absolute Gasteiger partial charge is 0.328 e. The summed E-state index contributed by atoms with van der Waals surface area (Å²) in [7, 11) is 0. The summed E-state index contributed by atoms with van der Waals surface area (Å²) in [4.78, 5) is 236. The lowest BCUT2D eigenvalue weighted by Gasteiger charge is -2.29. The molecule has 13 amide bonds. The fourth-order valence-electron chi connectivity index (χ4n) is 11.9. The number of carbonyl (C=O) groups is 17. The Bertz CT molecular complexity index is 4490. The Morgan fingerprint density at radius 3 is 1.31 bits per heavy atom. The van der Waals surface area contributed by atoms with Crippen LogP contribution in [-0.4, -0.2) is 228 Å². The largest absolute Gasteiger partial charge is 0.481 e. The zero-order valence-corrected chi connectivity index (χ0v) is 67.2. The van der Waals surface area contributed by atoms with Crippen molar-refractivity contribution in [3.8, 4) is 5.75 Å². The Morgan fingerprint density at radius 2 is 0.856 bits per heavy atom. The van der Waals surface area contributed by atoms with E-state index < -0.39 is 276 Å². The number of ether oxygens (including phenoxy) is 1. The number of carboxylic acid groups (broad SMARTS) is 3. The molecular formula is C75H97F4N15O22S2. The molecule has 0 unspecified atom stereocenters. The number of hydrogen-bond acceptors (Lipinski definition) is 21. The van der Waals surface area contributed by atoms with Crippen LogP contribution in [0.2, 0.25) is 0 Å². The molecule has 5 rings (SSSR count). The van der Waals surface area contributed by atoms with Gasteiger partial charge in [0.05, 0.1) is 25.5 Å². The molecule has 0 bridgehead atoms. The number of fused-ring (bicyclic) bond motifs is 2. The van der Waals surface area contributed by atoms with Gasteiger partial charge in [-0.25, -0.2) is 13.6 Å². The van der Waals surface area contributed by atoms with Gasteiger partial charge in [0.25, 0.3) is 0 Å². The van der Waals surface area contributed by atoms with Gasteiger partial charge in [-0.3, -0.25) is 76.7 Å². The SMILES string of the molecule is CC(=O)N[C@@H](CC(=O)O)C(=O)N[C@@H](CS)C(=O)N[C@@H](C)C(=O)N[C@@H](Cc1c[nH]c2ccccc12)C(=O)N[C@@H](CC(=O)Oc1c(F)c(F)cc(F)c1F)C(=O)N[C@@H](CC(C)C)C(=O)NCC(=O)N[C@@H](CCC(=O)O)C(=O)N[C@@H](CC(C)C)C(=O)N[C@H](C(=O)N[C@@H](Cc1c[nH]c2ccccc12)C(=O)N[C@@H](CS)C(=O)N[C@H](C(=O)O)[C@@H](C)O)C(C)C. The molecule has 2 heterocycles. The minimum absolute atomic E-state index is 0.161. The number of aliphatic hydroxyl groups is 1. The zero-order valence-electron chi connectivity index (χ0n) is 65.4. The Labute approximate surface area is 683 Å². The number of aromatic amines is 2. The first-order chi connectivity index (χ1) is 55.4. The van der Waals surface area contributed by atoms with Crippen molar-refractivity contribution in [1.82, 2.24) is 79.1 Å². The van der Waals surface area contributed by atoms with Crippen molar-refractivity contribution in [3.05, 3.63) is 101 Å². The number of carbonyl (C=O) groups excluding carboxylic acids is 14. The lowest BCUT2D eigenvalue weighted by molar-refractivity contribution is -0.145. The van der Waals surface area contributed by atoms with E-state index in [-0.39, 0.29) is 25.3 Å². The molecule has 0 saturated heterocycles. The number of amides is 13. The van der Waals surface area contributed by atoms with Crippen molar-refractivity contribution in [1.29, 1.82) is 0 Å². The number of aliphatic carboxylic acids is 3. The molecule has 0 aliphatic carbocycles. The number of aromatic nitrogens is 2. The predicted octanol–water partition coefficient (Wildman–Crippen LogP) is -0.627. The summed E-state index contributed by atoms with van der Waals surface area (Å²) in [5, 5.41) is 70.3. The summed E-state index contributed by atoms with van der Waals surface area (Å²) < 4.78 is 63.5. The lowest BCUT2D eigenvalue weighted by atomic mass is 9.98. The van der Waals surface area contributed by atoms with Gasteiger partial charge < -0.3 is 104 Å². The molecule has 0 aliphatic rings. The highest BCUT2D eigenvalue weighted by Gasteiger charge is 2.39. The van der Waals surface area contributed by atoms with Crippen LogP contribution in [0.5, 0.6) is 5.75 Å². The Balaban J connectivity index is 1.39. The zero-order chi connectivity index (χ0) is 88.3. The number of halogens is 4.